The van der Waals surface area contributed by atoms with E-state index in [-0.39, 0.29) is 11.9 Å². The molecular weight excluding hydrogens is 212 g/mol. The zero-order valence-corrected chi connectivity index (χ0v) is 12.6. The van der Waals surface area contributed by atoms with Crippen LogP contribution in [0.25, 0.3) is 0 Å². The molecule has 0 aromatic rings. The number of nitrogens with one attached hydrogen (secondary N) is 1. The fraction of sp³-hybridized carbons (Fsp3) is 0.929. The summed E-state index contributed by atoms with van der Waals surface area (Å²) in [6.45, 7) is 14.0. The minimum Gasteiger partial charge on any atom is -0.353 e. The van der Waals surface area contributed by atoms with Crippen LogP contribution in [0.2, 0.25) is 0 Å². The summed E-state index contributed by atoms with van der Waals surface area (Å²) in [4.78, 5) is 12.2. The maximum atomic E-state index is 12.2. The highest BCUT2D eigenvalue weighted by molar-refractivity contribution is 5.83. The highest BCUT2D eigenvalue weighted by Crippen LogP contribution is 2.28. The Morgan fingerprint density at radius 1 is 1.24 bits per heavy atom. The summed E-state index contributed by atoms with van der Waals surface area (Å²) in [7, 11) is 0. The van der Waals surface area contributed by atoms with Gasteiger partial charge >= 0.3 is 0 Å². The van der Waals surface area contributed by atoms with Gasteiger partial charge in [0, 0.05) is 11.6 Å². The lowest BCUT2D eigenvalue weighted by molar-refractivity contribution is -0.133. The Labute approximate surface area is 107 Å². The first-order valence-corrected chi connectivity index (χ1v) is 6.62. The minimum absolute atomic E-state index is 0.0424. The summed E-state index contributed by atoms with van der Waals surface area (Å²) < 4.78 is 0. The average molecular weight is 242 g/mol. The molecule has 3 N–H and O–H groups in total. The molecule has 0 spiro atoms. The molecule has 2 atom stereocenters. The fourth-order valence-corrected chi connectivity index (χ4v) is 1.53. The predicted octanol–water partition coefficient (Wildman–Crippen LogP) is 2.69. The van der Waals surface area contributed by atoms with Gasteiger partial charge in [-0.3, -0.25) is 4.79 Å². The van der Waals surface area contributed by atoms with E-state index in [2.05, 4.69) is 26.1 Å². The molecule has 3 nitrogen and oxygen atoms in total. The molecule has 0 bridgehead atoms. The van der Waals surface area contributed by atoms with Gasteiger partial charge in [0.1, 0.15) is 0 Å². The molecule has 0 rings (SSSR count). The molecule has 0 radical (unpaired) electrons. The van der Waals surface area contributed by atoms with E-state index < -0.39 is 11.0 Å². The second-order valence-corrected chi connectivity index (χ2v) is 6.47. The van der Waals surface area contributed by atoms with E-state index in [0.29, 0.717) is 5.92 Å². The molecule has 1 amide bonds. The molecule has 2 unspecified atom stereocenters. The van der Waals surface area contributed by atoms with Crippen LogP contribution >= 0.6 is 0 Å². The Morgan fingerprint density at radius 3 is 2.06 bits per heavy atom. The van der Waals surface area contributed by atoms with Gasteiger partial charge in [0.15, 0.2) is 0 Å². The number of carbonyl (C=O) groups is 1. The van der Waals surface area contributed by atoms with E-state index in [4.69, 9.17) is 5.73 Å². The van der Waals surface area contributed by atoms with Crippen LogP contribution in [-0.2, 0) is 4.79 Å². The van der Waals surface area contributed by atoms with E-state index in [1.54, 1.807) is 0 Å². The van der Waals surface area contributed by atoms with E-state index in [9.17, 15) is 4.79 Å². The van der Waals surface area contributed by atoms with E-state index in [1.807, 2.05) is 27.7 Å². The fourth-order valence-electron chi connectivity index (χ4n) is 1.53. The lowest BCUT2D eigenvalue weighted by atomic mass is 9.74. The normalized spacial score (nSPS) is 16.5. The third-order valence-electron chi connectivity index (χ3n) is 4.01. The Bertz CT molecular complexity index is 253. The van der Waals surface area contributed by atoms with Crippen LogP contribution in [0.15, 0.2) is 0 Å². The van der Waals surface area contributed by atoms with Crippen LogP contribution in [0.1, 0.15) is 61.3 Å². The van der Waals surface area contributed by atoms with Crippen molar-refractivity contribution in [3.63, 3.8) is 0 Å². The lowest BCUT2D eigenvalue weighted by Crippen LogP contribution is -2.56. The van der Waals surface area contributed by atoms with Gasteiger partial charge in [-0.1, -0.05) is 20.3 Å². The van der Waals surface area contributed by atoms with Gasteiger partial charge in [-0.25, -0.2) is 0 Å². The van der Waals surface area contributed by atoms with Crippen molar-refractivity contribution in [1.29, 1.82) is 0 Å². The van der Waals surface area contributed by atoms with Gasteiger partial charge in [0.25, 0.3) is 0 Å². The molecule has 0 aliphatic heterocycles. The molecule has 0 fully saturated rings. The number of carbonyl (C=O) groups excluding carboxylic acids is 1. The number of amides is 1. The van der Waals surface area contributed by atoms with Crippen LogP contribution in [-0.4, -0.2) is 17.5 Å². The molecule has 0 aromatic carbocycles. The highest BCUT2D eigenvalue weighted by atomic mass is 16.2. The lowest BCUT2D eigenvalue weighted by Gasteiger charge is -2.38. The summed E-state index contributed by atoms with van der Waals surface area (Å²) in [5, 5.41) is 3.07. The van der Waals surface area contributed by atoms with E-state index in [0.717, 1.165) is 12.8 Å². The third kappa shape index (κ3) is 4.66. The highest BCUT2D eigenvalue weighted by Gasteiger charge is 2.40. The molecular formula is C14H30N2O. The molecule has 0 aliphatic carbocycles. The first-order chi connectivity index (χ1) is 7.52. The van der Waals surface area contributed by atoms with Crippen LogP contribution in [0.5, 0.6) is 0 Å². The van der Waals surface area contributed by atoms with E-state index >= 15 is 0 Å². The molecule has 0 aromatic heterocycles. The van der Waals surface area contributed by atoms with Crippen molar-refractivity contribution in [2.45, 2.75) is 72.9 Å². The monoisotopic (exact) mass is 242 g/mol. The SMILES string of the molecule is CCC(C)CC(C)NC(=O)C(C)(C)C(C)(C)N. The summed E-state index contributed by atoms with van der Waals surface area (Å²) in [6, 6.07) is 0.207. The number of rotatable bonds is 6. The van der Waals surface area contributed by atoms with Crippen LogP contribution in [0, 0.1) is 11.3 Å². The zero-order chi connectivity index (χ0) is 13.9. The Balaban J connectivity index is 4.45. The number of hydrogen-bond acceptors (Lipinski definition) is 2. The van der Waals surface area contributed by atoms with Crippen molar-refractivity contribution < 1.29 is 4.79 Å². The molecule has 0 saturated heterocycles. The van der Waals surface area contributed by atoms with Crippen molar-refractivity contribution in [3.05, 3.63) is 0 Å². The van der Waals surface area contributed by atoms with Crippen molar-refractivity contribution in [1.82, 2.24) is 5.32 Å². The minimum atomic E-state index is -0.559. The third-order valence-corrected chi connectivity index (χ3v) is 4.01. The Kier molecular flexibility index (Phi) is 5.66. The predicted molar refractivity (Wildman–Crippen MR) is 73.7 cm³/mol. The van der Waals surface area contributed by atoms with Gasteiger partial charge < -0.3 is 11.1 Å². The van der Waals surface area contributed by atoms with Gasteiger partial charge in [0.05, 0.1) is 5.41 Å². The summed E-state index contributed by atoms with van der Waals surface area (Å²) in [6.07, 6.45) is 2.16. The van der Waals surface area contributed by atoms with Crippen molar-refractivity contribution in [2.75, 3.05) is 0 Å². The first kappa shape index (κ1) is 16.4. The van der Waals surface area contributed by atoms with Gasteiger partial charge in [-0.05, 0) is 47.0 Å². The topological polar surface area (TPSA) is 55.1 Å². The van der Waals surface area contributed by atoms with Gasteiger partial charge in [-0.2, -0.15) is 0 Å². The Morgan fingerprint density at radius 2 is 1.71 bits per heavy atom. The zero-order valence-electron chi connectivity index (χ0n) is 12.6. The summed E-state index contributed by atoms with van der Waals surface area (Å²) in [5.74, 6) is 0.681. The second kappa shape index (κ2) is 5.85. The Hall–Kier alpha value is -0.570. The maximum Gasteiger partial charge on any atom is 0.227 e. The molecule has 3 heteroatoms. The molecule has 0 heterocycles. The van der Waals surface area contributed by atoms with Gasteiger partial charge in [-0.15, -0.1) is 0 Å². The standard InChI is InChI=1S/C14H30N2O/c1-8-10(2)9-11(3)16-12(17)13(4,5)14(6,7)15/h10-11H,8-9,15H2,1-7H3,(H,16,17). The van der Waals surface area contributed by atoms with Gasteiger partial charge in [0.2, 0.25) is 5.91 Å². The van der Waals surface area contributed by atoms with Crippen LogP contribution in [0.4, 0.5) is 0 Å². The van der Waals surface area contributed by atoms with Crippen molar-refractivity contribution >= 4 is 5.91 Å². The van der Waals surface area contributed by atoms with Crippen molar-refractivity contribution in [2.24, 2.45) is 17.1 Å². The number of nitrogens with two attached hydrogens (primary N) is 1. The van der Waals surface area contributed by atoms with E-state index in [1.165, 1.54) is 0 Å². The summed E-state index contributed by atoms with van der Waals surface area (Å²) >= 11 is 0. The van der Waals surface area contributed by atoms with Crippen molar-refractivity contribution in [3.8, 4) is 0 Å². The maximum absolute atomic E-state index is 12.2. The largest absolute Gasteiger partial charge is 0.353 e. The molecule has 0 saturated carbocycles. The molecule has 0 aliphatic rings. The quantitative estimate of drug-likeness (QED) is 0.752. The van der Waals surface area contributed by atoms with Crippen LogP contribution < -0.4 is 11.1 Å². The van der Waals surface area contributed by atoms with Crippen LogP contribution in [0.3, 0.4) is 0 Å². The molecule has 17 heavy (non-hydrogen) atoms. The summed E-state index contributed by atoms with van der Waals surface area (Å²) in [5.41, 5.74) is 4.98. The average Bonchev–Trinajstić information content (AvgIpc) is 2.15. The second-order valence-electron chi connectivity index (χ2n) is 6.47. The number of hydrogen-bond donors (Lipinski definition) is 2. The smallest absolute Gasteiger partial charge is 0.227 e. The molecule has 102 valence electrons. The first-order valence-electron chi connectivity index (χ1n) is 6.62.